The predicted octanol–water partition coefficient (Wildman–Crippen LogP) is 4.81. The number of nitro groups is 1. The summed E-state index contributed by atoms with van der Waals surface area (Å²) in [5, 5.41) is 23.1. The minimum atomic E-state index is -0.402. The van der Waals surface area contributed by atoms with Crippen molar-refractivity contribution >= 4 is 17.4 Å². The van der Waals surface area contributed by atoms with Gasteiger partial charge >= 0.3 is 5.69 Å². The van der Waals surface area contributed by atoms with Crippen LogP contribution in [0.2, 0.25) is 0 Å². The molecule has 2 unspecified atom stereocenters. The number of amides is 1. The van der Waals surface area contributed by atoms with Crippen molar-refractivity contribution in [3.8, 4) is 0 Å². The van der Waals surface area contributed by atoms with E-state index in [-0.39, 0.29) is 28.4 Å². The fourth-order valence-corrected chi connectivity index (χ4v) is 7.59. The van der Waals surface area contributed by atoms with Crippen molar-refractivity contribution in [3.05, 3.63) is 69.9 Å². The molecule has 4 fully saturated rings. The van der Waals surface area contributed by atoms with Gasteiger partial charge in [-0.1, -0.05) is 18.2 Å². The van der Waals surface area contributed by atoms with Gasteiger partial charge in [0.25, 0.3) is 0 Å². The van der Waals surface area contributed by atoms with Crippen LogP contribution in [-0.4, -0.2) is 30.4 Å². The maximum Gasteiger partial charge on any atom is 0.307 e. The molecule has 7 rings (SSSR count). The van der Waals surface area contributed by atoms with Gasteiger partial charge < -0.3 is 5.32 Å². The van der Waals surface area contributed by atoms with Crippen LogP contribution in [0.1, 0.15) is 56.2 Å². The van der Waals surface area contributed by atoms with E-state index >= 15 is 0 Å². The lowest BCUT2D eigenvalue weighted by molar-refractivity contribution is -0.385. The molecule has 1 N–H and O–H groups in total. The Bertz CT molecular complexity index is 1330. The van der Waals surface area contributed by atoms with Crippen LogP contribution >= 0.6 is 0 Å². The first kappa shape index (κ1) is 22.9. The second-order valence-electron chi connectivity index (χ2n) is 11.2. The molecule has 0 spiro atoms. The van der Waals surface area contributed by atoms with Crippen LogP contribution in [0.15, 0.2) is 42.7 Å². The van der Waals surface area contributed by atoms with Gasteiger partial charge in [0, 0.05) is 23.7 Å². The van der Waals surface area contributed by atoms with Gasteiger partial charge in [-0.3, -0.25) is 24.3 Å². The molecule has 3 aromatic rings. The van der Waals surface area contributed by atoms with Gasteiger partial charge in [0.1, 0.15) is 18.2 Å². The third kappa shape index (κ3) is 3.98. The molecule has 188 valence electrons. The first-order valence-electron chi connectivity index (χ1n) is 12.5. The van der Waals surface area contributed by atoms with Gasteiger partial charge in [-0.2, -0.15) is 10.2 Å². The lowest BCUT2D eigenvalue weighted by Crippen LogP contribution is -2.57. The van der Waals surface area contributed by atoms with Gasteiger partial charge in [0.2, 0.25) is 5.91 Å². The van der Waals surface area contributed by atoms with Crippen LogP contribution in [-0.2, 0) is 16.9 Å². The lowest BCUT2D eigenvalue weighted by Gasteiger charge is -2.61. The zero-order chi connectivity index (χ0) is 25.1. The number of nitrogens with one attached hydrogen (secondary N) is 1. The van der Waals surface area contributed by atoms with Crippen LogP contribution < -0.4 is 5.32 Å². The third-order valence-electron chi connectivity index (χ3n) is 8.48. The highest BCUT2D eigenvalue weighted by atomic mass is 19.1. The number of hydrogen-bond acceptors (Lipinski definition) is 5. The number of carbonyl (C=O) groups is 1. The highest BCUT2D eigenvalue weighted by Gasteiger charge is 2.59. The van der Waals surface area contributed by atoms with E-state index in [0.29, 0.717) is 36.2 Å². The average molecular weight is 493 g/mol. The number of rotatable bonds is 7. The monoisotopic (exact) mass is 492 g/mol. The van der Waals surface area contributed by atoms with Gasteiger partial charge in [-0.25, -0.2) is 4.39 Å². The molecular formula is C26H29FN6O3. The van der Waals surface area contributed by atoms with Crippen molar-refractivity contribution in [3.63, 3.8) is 0 Å². The molecule has 0 saturated heterocycles. The number of aromatic nitrogens is 4. The summed E-state index contributed by atoms with van der Waals surface area (Å²) in [7, 11) is 0. The van der Waals surface area contributed by atoms with E-state index in [1.807, 2.05) is 17.7 Å². The number of carbonyl (C=O) groups excluding carboxylic acids is 1. The average Bonchev–Trinajstić information content (AvgIpc) is 3.42. The Kier molecular flexibility index (Phi) is 5.24. The van der Waals surface area contributed by atoms with Crippen LogP contribution in [0.4, 0.5) is 15.9 Å². The van der Waals surface area contributed by atoms with Gasteiger partial charge in [0.05, 0.1) is 17.0 Å². The SMILES string of the molecule is Cc1cc(NC(=O)CC23C[C@H]4C[C@@H](C2)CC(n2cc([N+](=O)[O-])cn2)(C4)C3)nn1Cc1ccccc1F. The maximum atomic E-state index is 14.1. The maximum absolute atomic E-state index is 14.1. The Morgan fingerprint density at radius 3 is 2.69 bits per heavy atom. The van der Waals surface area contributed by atoms with Crippen LogP contribution in [0.5, 0.6) is 0 Å². The number of halogens is 1. The van der Waals surface area contributed by atoms with Crippen molar-refractivity contribution < 1.29 is 14.1 Å². The highest BCUT2D eigenvalue weighted by molar-refractivity contribution is 5.90. The topological polar surface area (TPSA) is 108 Å². The Morgan fingerprint density at radius 2 is 2.00 bits per heavy atom. The third-order valence-corrected chi connectivity index (χ3v) is 8.48. The second-order valence-corrected chi connectivity index (χ2v) is 11.2. The lowest BCUT2D eigenvalue weighted by atomic mass is 9.46. The highest BCUT2D eigenvalue weighted by Crippen LogP contribution is 2.65. The molecule has 10 heteroatoms. The summed E-state index contributed by atoms with van der Waals surface area (Å²) in [5.41, 5.74) is 0.997. The molecule has 4 bridgehead atoms. The zero-order valence-corrected chi connectivity index (χ0v) is 20.2. The molecule has 36 heavy (non-hydrogen) atoms. The number of nitrogens with zero attached hydrogens (tertiary/aromatic N) is 5. The first-order chi connectivity index (χ1) is 17.2. The van der Waals surface area contributed by atoms with E-state index in [0.717, 1.165) is 44.2 Å². The zero-order valence-electron chi connectivity index (χ0n) is 20.2. The summed E-state index contributed by atoms with van der Waals surface area (Å²) in [5.74, 6) is 1.12. The molecule has 9 nitrogen and oxygen atoms in total. The molecule has 2 aromatic heterocycles. The quantitative estimate of drug-likeness (QED) is 0.376. The number of anilines is 1. The van der Waals surface area contributed by atoms with Crippen LogP contribution in [0.3, 0.4) is 0 Å². The Hall–Kier alpha value is -3.56. The van der Waals surface area contributed by atoms with Gasteiger partial charge in [0.15, 0.2) is 5.82 Å². The number of hydrogen-bond donors (Lipinski definition) is 1. The van der Waals surface area contributed by atoms with E-state index < -0.39 is 4.92 Å². The normalized spacial score (nSPS) is 28.4. The van der Waals surface area contributed by atoms with Crippen molar-refractivity contribution in [2.24, 2.45) is 17.3 Å². The molecular weight excluding hydrogens is 463 g/mol. The van der Waals surface area contributed by atoms with Crippen LogP contribution in [0, 0.1) is 40.1 Å². The van der Waals surface area contributed by atoms with Crippen molar-refractivity contribution in [2.45, 2.75) is 64.0 Å². The molecule has 4 saturated carbocycles. The molecule has 0 radical (unpaired) electrons. The molecule has 2 heterocycles. The summed E-state index contributed by atoms with van der Waals surface area (Å²) in [6.07, 6.45) is 9.19. The summed E-state index contributed by atoms with van der Waals surface area (Å²) < 4.78 is 17.6. The Labute approximate surface area is 207 Å². The Morgan fingerprint density at radius 1 is 1.25 bits per heavy atom. The van der Waals surface area contributed by atoms with Crippen molar-refractivity contribution in [2.75, 3.05) is 5.32 Å². The van der Waals surface area contributed by atoms with E-state index in [4.69, 9.17) is 0 Å². The minimum Gasteiger partial charge on any atom is -0.309 e. The summed E-state index contributed by atoms with van der Waals surface area (Å²) in [6.45, 7) is 2.18. The summed E-state index contributed by atoms with van der Waals surface area (Å²) in [6, 6.07) is 8.41. The van der Waals surface area contributed by atoms with Crippen molar-refractivity contribution in [1.29, 1.82) is 0 Å². The molecule has 4 atom stereocenters. The van der Waals surface area contributed by atoms with Gasteiger partial charge in [-0.05, 0) is 68.8 Å². The van der Waals surface area contributed by atoms with E-state index in [9.17, 15) is 19.3 Å². The Balaban J connectivity index is 1.18. The fourth-order valence-electron chi connectivity index (χ4n) is 7.59. The predicted molar refractivity (Wildman–Crippen MR) is 130 cm³/mol. The number of aryl methyl sites for hydroxylation is 1. The smallest absolute Gasteiger partial charge is 0.307 e. The molecule has 4 aliphatic rings. The largest absolute Gasteiger partial charge is 0.309 e. The second kappa shape index (κ2) is 8.25. The van der Waals surface area contributed by atoms with Gasteiger partial charge in [-0.15, -0.1) is 0 Å². The van der Waals surface area contributed by atoms with E-state index in [2.05, 4.69) is 15.5 Å². The fraction of sp³-hybridized carbons (Fsp3) is 0.500. The van der Waals surface area contributed by atoms with E-state index in [1.54, 1.807) is 29.1 Å². The standard InChI is InChI=1S/C26H29FN6O3/c1-17-6-23(30-31(17)14-20-4-2-3-5-22(20)27)29-24(34)12-25-8-18-7-19(9-25)11-26(10-18,16-25)32-15-21(13-28-32)33(35)36/h2-6,13,15,18-19H,7-12,14,16H2,1H3,(H,29,30,34)/t18-,19+,25?,26?. The molecule has 0 aliphatic heterocycles. The summed E-state index contributed by atoms with van der Waals surface area (Å²) in [4.78, 5) is 24.1. The number of benzene rings is 1. The summed E-state index contributed by atoms with van der Waals surface area (Å²) >= 11 is 0. The molecule has 1 amide bonds. The minimum absolute atomic E-state index is 0.0129. The molecule has 1 aromatic carbocycles. The van der Waals surface area contributed by atoms with Crippen LogP contribution in [0.25, 0.3) is 0 Å². The first-order valence-corrected chi connectivity index (χ1v) is 12.5. The van der Waals surface area contributed by atoms with Crippen molar-refractivity contribution in [1.82, 2.24) is 19.6 Å². The molecule has 4 aliphatic carbocycles. The van der Waals surface area contributed by atoms with E-state index in [1.165, 1.54) is 12.3 Å².